The number of benzene rings is 1. The second kappa shape index (κ2) is 6.30. The molecule has 0 radical (unpaired) electrons. The third kappa shape index (κ3) is 3.96. The normalized spacial score (nSPS) is 10.0. The van der Waals surface area contributed by atoms with Gasteiger partial charge in [0.05, 0.1) is 5.56 Å². The topological polar surface area (TPSA) is 55.1 Å². The van der Waals surface area contributed by atoms with E-state index < -0.39 is 0 Å². The van der Waals surface area contributed by atoms with Gasteiger partial charge in [-0.3, -0.25) is 4.79 Å². The maximum absolute atomic E-state index is 11.6. The van der Waals surface area contributed by atoms with Crippen LogP contribution >= 0.6 is 38.4 Å². The minimum atomic E-state index is -0.156. The van der Waals surface area contributed by atoms with Crippen LogP contribution in [-0.2, 0) is 0 Å². The lowest BCUT2D eigenvalue weighted by atomic mass is 10.2. The number of hydrogen-bond acceptors (Lipinski definition) is 4. The number of nitrogens with two attached hydrogens (primary N) is 1. The van der Waals surface area contributed by atoms with Crippen molar-refractivity contribution in [2.75, 3.05) is 18.0 Å². The van der Waals surface area contributed by atoms with Crippen molar-refractivity contribution in [2.45, 2.75) is 0 Å². The number of halogens is 1. The highest BCUT2D eigenvalue weighted by atomic mass is 79.9. The molecule has 0 unspecified atom stereocenters. The number of nitrogens with one attached hydrogen (secondary N) is 1. The molecule has 0 aliphatic heterocycles. The zero-order chi connectivity index (χ0) is 11.3. The third-order valence-corrected chi connectivity index (χ3v) is 3.17. The zero-order valence-electron chi connectivity index (χ0n) is 7.87. The molecule has 0 aliphatic rings. The van der Waals surface area contributed by atoms with Gasteiger partial charge >= 0.3 is 0 Å². The summed E-state index contributed by atoms with van der Waals surface area (Å²) in [5, 5.41) is 2.76. The van der Waals surface area contributed by atoms with Crippen molar-refractivity contribution in [2.24, 2.45) is 0 Å². The molecule has 3 N–H and O–H groups in total. The number of rotatable bonds is 4. The predicted molar refractivity (Wildman–Crippen MR) is 72.3 cm³/mol. The van der Waals surface area contributed by atoms with Gasteiger partial charge in [-0.2, -0.15) is 0 Å². The van der Waals surface area contributed by atoms with Crippen LogP contribution in [0.25, 0.3) is 0 Å². The van der Waals surface area contributed by atoms with Crippen LogP contribution in [-0.4, -0.2) is 18.2 Å². The van der Waals surface area contributed by atoms with E-state index in [2.05, 4.69) is 32.9 Å². The number of carbonyl (C=O) groups is 1. The molecule has 0 bridgehead atoms. The summed E-state index contributed by atoms with van der Waals surface area (Å²) in [6.45, 7) is 0.582. The van der Waals surface area contributed by atoms with Crippen molar-refractivity contribution >= 4 is 50.0 Å². The molecular formula is C9H11BrN2OS2. The van der Waals surface area contributed by atoms with Crippen molar-refractivity contribution in [3.63, 3.8) is 0 Å². The van der Waals surface area contributed by atoms with Gasteiger partial charge in [0.25, 0.3) is 5.91 Å². The molecule has 0 heterocycles. The molecular weight excluding hydrogens is 296 g/mol. The summed E-state index contributed by atoms with van der Waals surface area (Å²) in [5.41, 5.74) is 6.67. The maximum Gasteiger partial charge on any atom is 0.253 e. The van der Waals surface area contributed by atoms with Crippen LogP contribution in [0.5, 0.6) is 0 Å². The van der Waals surface area contributed by atoms with Crippen molar-refractivity contribution in [1.29, 1.82) is 0 Å². The van der Waals surface area contributed by atoms with Crippen LogP contribution in [0.15, 0.2) is 22.7 Å². The van der Waals surface area contributed by atoms with Crippen LogP contribution in [0, 0.1) is 0 Å². The number of hydrogen-bond donors (Lipinski definition) is 3. The highest BCUT2D eigenvalue weighted by Crippen LogP contribution is 2.18. The summed E-state index contributed by atoms with van der Waals surface area (Å²) in [5.74, 6) is 0.610. The zero-order valence-corrected chi connectivity index (χ0v) is 11.2. The third-order valence-electron chi connectivity index (χ3n) is 1.74. The van der Waals surface area contributed by atoms with E-state index in [-0.39, 0.29) is 5.91 Å². The molecule has 1 rings (SSSR count). The highest BCUT2D eigenvalue weighted by Gasteiger charge is 2.08. The largest absolute Gasteiger partial charge is 0.398 e. The Kier molecular flexibility index (Phi) is 5.35. The summed E-state index contributed by atoms with van der Waals surface area (Å²) in [4.78, 5) is 11.6. The average Bonchev–Trinajstić information content (AvgIpc) is 2.22. The number of carbonyl (C=O) groups excluding carboxylic acids is 1. The fourth-order valence-corrected chi connectivity index (χ4v) is 1.86. The molecule has 3 nitrogen and oxygen atoms in total. The Labute approximate surface area is 106 Å². The monoisotopic (exact) mass is 306 g/mol. The SMILES string of the molecule is Nc1ccc(Br)cc1C(=O)NCCSS. The second-order valence-electron chi connectivity index (χ2n) is 2.82. The summed E-state index contributed by atoms with van der Waals surface area (Å²) in [7, 11) is 1.39. The number of amides is 1. The molecule has 0 fully saturated rings. The molecule has 0 saturated heterocycles. The minimum absolute atomic E-state index is 0.156. The molecule has 1 aromatic rings. The molecule has 1 aromatic carbocycles. The van der Waals surface area contributed by atoms with E-state index in [4.69, 9.17) is 5.73 Å². The van der Waals surface area contributed by atoms with E-state index in [0.717, 1.165) is 10.2 Å². The first-order chi connectivity index (χ1) is 7.15. The molecule has 0 aliphatic carbocycles. The van der Waals surface area contributed by atoms with Gasteiger partial charge in [0.15, 0.2) is 0 Å². The lowest BCUT2D eigenvalue weighted by Gasteiger charge is -2.06. The van der Waals surface area contributed by atoms with Gasteiger partial charge in [0, 0.05) is 22.5 Å². The number of anilines is 1. The van der Waals surface area contributed by atoms with Crippen molar-refractivity contribution < 1.29 is 4.79 Å². The van der Waals surface area contributed by atoms with Crippen molar-refractivity contribution in [1.82, 2.24) is 5.32 Å². The van der Waals surface area contributed by atoms with Crippen molar-refractivity contribution in [3.05, 3.63) is 28.2 Å². The average molecular weight is 307 g/mol. The van der Waals surface area contributed by atoms with E-state index in [9.17, 15) is 4.79 Å². The van der Waals surface area contributed by atoms with Gasteiger partial charge in [-0.25, -0.2) is 0 Å². The summed E-state index contributed by atoms with van der Waals surface area (Å²) >= 11 is 7.27. The smallest absolute Gasteiger partial charge is 0.253 e. The first-order valence-electron chi connectivity index (χ1n) is 4.24. The summed E-state index contributed by atoms with van der Waals surface area (Å²) in [6.07, 6.45) is 0. The Bertz CT molecular complexity index is 360. The van der Waals surface area contributed by atoms with Gasteiger partial charge < -0.3 is 11.1 Å². The van der Waals surface area contributed by atoms with Gasteiger partial charge in [0.1, 0.15) is 0 Å². The number of thiol groups is 1. The first kappa shape index (κ1) is 12.7. The Morgan fingerprint density at radius 2 is 2.33 bits per heavy atom. The van der Waals surface area contributed by atoms with E-state index in [1.54, 1.807) is 18.2 Å². The Balaban J connectivity index is 2.68. The lowest BCUT2D eigenvalue weighted by molar-refractivity contribution is 0.0957. The van der Waals surface area contributed by atoms with Crippen molar-refractivity contribution in [3.8, 4) is 0 Å². The molecule has 6 heteroatoms. The van der Waals surface area contributed by atoms with Gasteiger partial charge in [0.2, 0.25) is 0 Å². The Hall–Kier alpha value is -0.330. The first-order valence-corrected chi connectivity index (χ1v) is 7.08. The van der Waals surface area contributed by atoms with E-state index in [1.165, 1.54) is 10.8 Å². The number of nitrogen functional groups attached to an aromatic ring is 1. The lowest BCUT2D eigenvalue weighted by Crippen LogP contribution is -2.26. The molecule has 0 saturated carbocycles. The van der Waals surface area contributed by atoms with Crippen LogP contribution in [0.2, 0.25) is 0 Å². The van der Waals surface area contributed by atoms with Gasteiger partial charge in [-0.15, -0.1) is 11.7 Å². The summed E-state index contributed by atoms with van der Waals surface area (Å²) < 4.78 is 0.838. The van der Waals surface area contributed by atoms with Gasteiger partial charge in [-0.05, 0) is 18.2 Å². The molecule has 82 valence electrons. The van der Waals surface area contributed by atoms with E-state index >= 15 is 0 Å². The molecule has 15 heavy (non-hydrogen) atoms. The van der Waals surface area contributed by atoms with Crippen LogP contribution < -0.4 is 11.1 Å². The molecule has 0 spiro atoms. The Morgan fingerprint density at radius 1 is 1.60 bits per heavy atom. The predicted octanol–water partition coefficient (Wildman–Crippen LogP) is 2.34. The molecule has 1 amide bonds. The summed E-state index contributed by atoms with van der Waals surface area (Å²) in [6, 6.07) is 5.21. The minimum Gasteiger partial charge on any atom is -0.398 e. The fraction of sp³-hybridized carbons (Fsp3) is 0.222. The van der Waals surface area contributed by atoms with Crippen LogP contribution in [0.4, 0.5) is 5.69 Å². The maximum atomic E-state index is 11.6. The fourth-order valence-electron chi connectivity index (χ4n) is 1.03. The van der Waals surface area contributed by atoms with Crippen LogP contribution in [0.1, 0.15) is 10.4 Å². The molecule has 0 aromatic heterocycles. The standard InChI is InChI=1S/C9H11BrN2OS2/c10-6-1-2-8(11)7(5-6)9(13)12-3-4-15-14/h1-2,5,14H,3-4,11H2,(H,12,13). The Morgan fingerprint density at radius 3 is 3.00 bits per heavy atom. The van der Waals surface area contributed by atoms with Gasteiger partial charge in [-0.1, -0.05) is 26.7 Å². The quantitative estimate of drug-likeness (QED) is 0.346. The van der Waals surface area contributed by atoms with E-state index in [1.807, 2.05) is 0 Å². The highest BCUT2D eigenvalue weighted by molar-refractivity contribution is 9.10. The second-order valence-corrected chi connectivity index (χ2v) is 5.18. The van der Waals surface area contributed by atoms with E-state index in [0.29, 0.717) is 17.8 Å². The van der Waals surface area contributed by atoms with Crippen LogP contribution in [0.3, 0.4) is 0 Å². The molecule has 0 atom stereocenters.